The summed E-state index contributed by atoms with van der Waals surface area (Å²) in [5.41, 5.74) is 3.67. The van der Waals surface area contributed by atoms with Gasteiger partial charge in [0, 0.05) is 49.0 Å². The van der Waals surface area contributed by atoms with Crippen molar-refractivity contribution in [3.8, 4) is 40.0 Å². The third-order valence-corrected chi connectivity index (χ3v) is 6.89. The highest BCUT2D eigenvalue weighted by Gasteiger charge is 2.45. The lowest BCUT2D eigenvalue weighted by Crippen LogP contribution is -2.56. The molecule has 7 heteroatoms. The molecule has 4 heterocycles. The molecule has 0 N–H and O–H groups in total. The summed E-state index contributed by atoms with van der Waals surface area (Å²) in [6.45, 7) is 5.28. The van der Waals surface area contributed by atoms with Crippen LogP contribution in [0.4, 0.5) is 4.39 Å². The highest BCUT2D eigenvalue weighted by atomic mass is 19.1. The third-order valence-electron chi connectivity index (χ3n) is 6.89. The van der Waals surface area contributed by atoms with Crippen LogP contribution < -0.4 is 9.47 Å². The van der Waals surface area contributed by atoms with Gasteiger partial charge in [0.05, 0.1) is 12.2 Å². The van der Waals surface area contributed by atoms with Crippen molar-refractivity contribution < 1.29 is 18.6 Å². The zero-order chi connectivity index (χ0) is 23.1. The molecule has 0 aliphatic carbocycles. The number of halogens is 1. The average molecular weight is 458 g/mol. The summed E-state index contributed by atoms with van der Waals surface area (Å²) >= 11 is 0. The highest BCUT2D eigenvalue weighted by Crippen LogP contribution is 2.40. The molecule has 1 aromatic heterocycles. The molecule has 0 radical (unpaired) electrons. The van der Waals surface area contributed by atoms with Crippen molar-refractivity contribution in [1.82, 2.24) is 9.88 Å². The van der Waals surface area contributed by atoms with Crippen molar-refractivity contribution in [2.45, 2.75) is 13.0 Å². The van der Waals surface area contributed by atoms with Crippen molar-refractivity contribution in [1.29, 1.82) is 5.26 Å². The summed E-state index contributed by atoms with van der Waals surface area (Å²) in [7, 11) is 0. The number of ether oxygens (including phenoxy) is 3. The Bertz CT molecular complexity index is 1290. The molecule has 0 unspecified atom stereocenters. The van der Waals surface area contributed by atoms with Crippen molar-refractivity contribution in [2.24, 2.45) is 5.41 Å². The Kier molecular flexibility index (Phi) is 5.20. The van der Waals surface area contributed by atoms with Crippen LogP contribution in [0.5, 0.6) is 11.5 Å². The first-order valence-corrected chi connectivity index (χ1v) is 11.5. The Labute approximate surface area is 197 Å². The Morgan fingerprint density at radius 3 is 2.62 bits per heavy atom. The van der Waals surface area contributed by atoms with Gasteiger partial charge in [-0.25, -0.2) is 4.39 Å². The van der Waals surface area contributed by atoms with E-state index >= 15 is 4.39 Å². The van der Waals surface area contributed by atoms with Gasteiger partial charge in [-0.1, -0.05) is 24.3 Å². The summed E-state index contributed by atoms with van der Waals surface area (Å²) in [6, 6.07) is 14.8. The SMILES string of the molecule is N#Cc1c(-c2ccc3c(c2)OCCO3)cccc1-c1ncc(CN2CC3(CCOC3)C2)cc1F. The summed E-state index contributed by atoms with van der Waals surface area (Å²) in [6.07, 6.45) is 2.82. The fourth-order valence-corrected chi connectivity index (χ4v) is 5.26. The van der Waals surface area contributed by atoms with Gasteiger partial charge in [0.25, 0.3) is 0 Å². The molecule has 34 heavy (non-hydrogen) atoms. The lowest BCUT2D eigenvalue weighted by Gasteiger charge is -2.47. The van der Waals surface area contributed by atoms with Gasteiger partial charge in [-0.3, -0.25) is 9.88 Å². The highest BCUT2D eigenvalue weighted by molar-refractivity contribution is 5.81. The Morgan fingerprint density at radius 2 is 1.85 bits per heavy atom. The van der Waals surface area contributed by atoms with Crippen LogP contribution in [0.1, 0.15) is 17.5 Å². The smallest absolute Gasteiger partial charge is 0.161 e. The minimum atomic E-state index is -0.423. The van der Waals surface area contributed by atoms with Crippen molar-refractivity contribution in [3.05, 3.63) is 65.6 Å². The second kappa shape index (κ2) is 8.39. The number of pyridine rings is 1. The number of nitrogens with zero attached hydrogens (tertiary/aromatic N) is 3. The molecule has 1 spiro atoms. The maximum atomic E-state index is 15.2. The number of rotatable bonds is 4. The Morgan fingerprint density at radius 1 is 1.03 bits per heavy atom. The van der Waals surface area contributed by atoms with Crippen LogP contribution in [0.3, 0.4) is 0 Å². The first-order valence-electron chi connectivity index (χ1n) is 11.5. The second-order valence-electron chi connectivity index (χ2n) is 9.32. The number of benzene rings is 2. The summed E-state index contributed by atoms with van der Waals surface area (Å²) < 4.78 is 32.1. The number of likely N-dealkylation sites (tertiary alicyclic amines) is 1. The van der Waals surface area contributed by atoms with Gasteiger partial charge in [0.2, 0.25) is 0 Å². The van der Waals surface area contributed by atoms with Crippen LogP contribution in [0.2, 0.25) is 0 Å². The topological polar surface area (TPSA) is 67.6 Å². The Hall–Kier alpha value is -3.47. The monoisotopic (exact) mass is 457 g/mol. The fraction of sp³-hybridized carbons (Fsp3) is 0.333. The summed E-state index contributed by atoms with van der Waals surface area (Å²) in [5, 5.41) is 9.99. The number of aromatic nitrogens is 1. The average Bonchev–Trinajstić information content (AvgIpc) is 3.33. The molecule has 0 amide bonds. The lowest BCUT2D eigenvalue weighted by atomic mass is 9.79. The van der Waals surface area contributed by atoms with E-state index < -0.39 is 5.82 Å². The molecule has 2 aromatic carbocycles. The van der Waals surface area contributed by atoms with E-state index in [1.807, 2.05) is 30.3 Å². The van der Waals surface area contributed by atoms with Crippen LogP contribution in [0.25, 0.3) is 22.4 Å². The van der Waals surface area contributed by atoms with Crippen LogP contribution in [-0.2, 0) is 11.3 Å². The fourth-order valence-electron chi connectivity index (χ4n) is 5.26. The van der Waals surface area contributed by atoms with Gasteiger partial charge < -0.3 is 14.2 Å². The number of nitriles is 1. The molecule has 0 atom stereocenters. The largest absolute Gasteiger partial charge is 0.486 e. The van der Waals surface area contributed by atoms with Crippen LogP contribution in [-0.4, -0.2) is 49.4 Å². The third kappa shape index (κ3) is 3.69. The molecule has 6 nitrogen and oxygen atoms in total. The van der Waals surface area contributed by atoms with Crippen molar-refractivity contribution >= 4 is 0 Å². The molecule has 172 valence electrons. The van der Waals surface area contributed by atoms with E-state index in [9.17, 15) is 5.26 Å². The number of hydrogen-bond acceptors (Lipinski definition) is 6. The van der Waals surface area contributed by atoms with Gasteiger partial charge in [-0.2, -0.15) is 5.26 Å². The molecular formula is C27H24FN3O3. The van der Waals surface area contributed by atoms with Gasteiger partial charge >= 0.3 is 0 Å². The zero-order valence-corrected chi connectivity index (χ0v) is 18.7. The second-order valence-corrected chi connectivity index (χ2v) is 9.32. The molecule has 3 aromatic rings. The first-order chi connectivity index (χ1) is 16.6. The van der Waals surface area contributed by atoms with Crippen molar-refractivity contribution in [2.75, 3.05) is 39.5 Å². The summed E-state index contributed by atoms with van der Waals surface area (Å²) in [4.78, 5) is 6.74. The van der Waals surface area contributed by atoms with Crippen molar-refractivity contribution in [3.63, 3.8) is 0 Å². The molecule has 0 bridgehead atoms. The van der Waals surface area contributed by atoms with Crippen LogP contribution in [0.15, 0.2) is 48.7 Å². The minimum absolute atomic E-state index is 0.184. The standard InChI is InChI=1S/C27H24FN3O3/c28-23-10-18(14-31-15-27(16-31)6-7-32-17-27)13-30-26(23)21-3-1-2-20(22(21)12-29)19-4-5-24-25(11-19)34-9-8-33-24/h1-5,10-11,13H,6-9,14-17H2. The molecular weight excluding hydrogens is 433 g/mol. The number of hydrogen-bond donors (Lipinski definition) is 0. The molecule has 2 saturated heterocycles. The van der Waals surface area contributed by atoms with Crippen LogP contribution >= 0.6 is 0 Å². The van der Waals surface area contributed by atoms with E-state index in [0.29, 0.717) is 53.4 Å². The quantitative estimate of drug-likeness (QED) is 0.578. The van der Waals surface area contributed by atoms with E-state index in [1.54, 1.807) is 12.3 Å². The maximum Gasteiger partial charge on any atom is 0.161 e. The first kappa shape index (κ1) is 21.1. The van der Waals surface area contributed by atoms with Gasteiger partial charge in [-0.05, 0) is 35.7 Å². The van der Waals surface area contributed by atoms with Gasteiger partial charge in [0.1, 0.15) is 30.8 Å². The number of fused-ring (bicyclic) bond motifs is 1. The van der Waals surface area contributed by atoms with E-state index in [-0.39, 0.29) is 5.69 Å². The van der Waals surface area contributed by atoms with E-state index in [2.05, 4.69) is 16.0 Å². The van der Waals surface area contributed by atoms with E-state index in [4.69, 9.17) is 14.2 Å². The maximum absolute atomic E-state index is 15.2. The Balaban J connectivity index is 1.28. The molecule has 0 saturated carbocycles. The minimum Gasteiger partial charge on any atom is -0.486 e. The van der Waals surface area contributed by atoms with Crippen LogP contribution in [0, 0.1) is 22.6 Å². The predicted molar refractivity (Wildman–Crippen MR) is 124 cm³/mol. The van der Waals surface area contributed by atoms with Gasteiger partial charge in [0.15, 0.2) is 11.5 Å². The van der Waals surface area contributed by atoms with E-state index in [0.717, 1.165) is 43.9 Å². The lowest BCUT2D eigenvalue weighted by molar-refractivity contribution is -0.0124. The normalized spacial score (nSPS) is 18.5. The predicted octanol–water partition coefficient (Wildman–Crippen LogP) is 4.42. The molecule has 3 aliphatic rings. The molecule has 3 aliphatic heterocycles. The zero-order valence-electron chi connectivity index (χ0n) is 18.7. The van der Waals surface area contributed by atoms with E-state index in [1.165, 1.54) is 6.07 Å². The molecule has 6 rings (SSSR count). The summed E-state index contributed by atoms with van der Waals surface area (Å²) in [5.74, 6) is 0.901. The van der Waals surface area contributed by atoms with Gasteiger partial charge in [-0.15, -0.1) is 0 Å². The molecule has 2 fully saturated rings.